The standard InChI is InChI=1S/C15H29N3O/c1-12-10-18(11-13(2)17(12)3)15(19)5-4-14-6-8-16-9-7-14/h12-14,16H,4-11H2,1-3H3. The predicted molar refractivity (Wildman–Crippen MR) is 78.1 cm³/mol. The highest BCUT2D eigenvalue weighted by atomic mass is 16.2. The third kappa shape index (κ3) is 3.93. The maximum atomic E-state index is 12.3. The molecule has 0 spiro atoms. The minimum atomic E-state index is 0.366. The summed E-state index contributed by atoms with van der Waals surface area (Å²) in [4.78, 5) is 16.8. The lowest BCUT2D eigenvalue weighted by atomic mass is 9.93. The molecule has 0 aromatic heterocycles. The first kappa shape index (κ1) is 14.8. The summed E-state index contributed by atoms with van der Waals surface area (Å²) >= 11 is 0. The van der Waals surface area contributed by atoms with Crippen LogP contribution in [0, 0.1) is 5.92 Å². The zero-order valence-corrected chi connectivity index (χ0v) is 12.7. The smallest absolute Gasteiger partial charge is 0.222 e. The van der Waals surface area contributed by atoms with Crippen LogP contribution in [0.15, 0.2) is 0 Å². The molecule has 4 heteroatoms. The van der Waals surface area contributed by atoms with Gasteiger partial charge in [0.2, 0.25) is 5.91 Å². The van der Waals surface area contributed by atoms with Gasteiger partial charge in [-0.1, -0.05) is 0 Å². The maximum absolute atomic E-state index is 12.3. The summed E-state index contributed by atoms with van der Waals surface area (Å²) in [5.74, 6) is 1.12. The fourth-order valence-electron chi connectivity index (χ4n) is 3.26. The molecule has 2 aliphatic rings. The molecule has 0 aromatic carbocycles. The van der Waals surface area contributed by atoms with Crippen LogP contribution < -0.4 is 5.32 Å². The molecule has 0 radical (unpaired) electrons. The molecule has 1 N–H and O–H groups in total. The van der Waals surface area contributed by atoms with Gasteiger partial charge >= 0.3 is 0 Å². The van der Waals surface area contributed by atoms with Crippen molar-refractivity contribution >= 4 is 5.91 Å². The first-order valence-electron chi connectivity index (χ1n) is 7.78. The molecule has 2 saturated heterocycles. The first-order valence-corrected chi connectivity index (χ1v) is 7.78. The fourth-order valence-corrected chi connectivity index (χ4v) is 3.26. The molecule has 2 fully saturated rings. The molecular weight excluding hydrogens is 238 g/mol. The average molecular weight is 267 g/mol. The van der Waals surface area contributed by atoms with Gasteiger partial charge in [-0.25, -0.2) is 0 Å². The molecule has 2 heterocycles. The molecule has 1 amide bonds. The minimum Gasteiger partial charge on any atom is -0.340 e. The van der Waals surface area contributed by atoms with Crippen LogP contribution >= 0.6 is 0 Å². The van der Waals surface area contributed by atoms with Gasteiger partial charge in [0.25, 0.3) is 0 Å². The molecule has 4 nitrogen and oxygen atoms in total. The Labute approximate surface area is 117 Å². The number of piperidine rings is 1. The van der Waals surface area contributed by atoms with Crippen molar-refractivity contribution in [3.05, 3.63) is 0 Å². The third-order valence-electron chi connectivity index (χ3n) is 4.94. The molecular formula is C15H29N3O. The Morgan fingerprint density at radius 2 is 1.74 bits per heavy atom. The Morgan fingerprint density at radius 1 is 1.16 bits per heavy atom. The van der Waals surface area contributed by atoms with E-state index in [1.54, 1.807) is 0 Å². The highest BCUT2D eigenvalue weighted by molar-refractivity contribution is 5.76. The Balaban J connectivity index is 1.76. The second-order valence-corrected chi connectivity index (χ2v) is 6.39. The molecule has 110 valence electrons. The largest absolute Gasteiger partial charge is 0.340 e. The van der Waals surface area contributed by atoms with Gasteiger partial charge in [-0.3, -0.25) is 9.69 Å². The molecule has 2 aliphatic heterocycles. The number of hydrogen-bond acceptors (Lipinski definition) is 3. The van der Waals surface area contributed by atoms with Crippen LogP contribution in [-0.2, 0) is 4.79 Å². The lowest BCUT2D eigenvalue weighted by Gasteiger charge is -2.42. The number of nitrogens with one attached hydrogen (secondary N) is 1. The van der Waals surface area contributed by atoms with E-state index >= 15 is 0 Å². The van der Waals surface area contributed by atoms with Gasteiger partial charge in [-0.05, 0) is 59.2 Å². The third-order valence-corrected chi connectivity index (χ3v) is 4.94. The van der Waals surface area contributed by atoms with Crippen LogP contribution in [0.2, 0.25) is 0 Å². The summed E-state index contributed by atoms with van der Waals surface area (Å²) in [7, 11) is 2.16. The molecule has 19 heavy (non-hydrogen) atoms. The molecule has 2 unspecified atom stereocenters. The van der Waals surface area contributed by atoms with Crippen LogP contribution in [0.1, 0.15) is 39.5 Å². The van der Waals surface area contributed by atoms with Gasteiger partial charge < -0.3 is 10.2 Å². The number of likely N-dealkylation sites (N-methyl/N-ethyl adjacent to an activating group) is 1. The number of nitrogens with zero attached hydrogens (tertiary/aromatic N) is 2. The zero-order chi connectivity index (χ0) is 13.8. The van der Waals surface area contributed by atoms with E-state index in [1.165, 1.54) is 12.8 Å². The molecule has 0 aliphatic carbocycles. The van der Waals surface area contributed by atoms with E-state index in [0.717, 1.165) is 44.9 Å². The Bertz CT molecular complexity index is 290. The maximum Gasteiger partial charge on any atom is 0.222 e. The van der Waals surface area contributed by atoms with Gasteiger partial charge in [0.05, 0.1) is 0 Å². The van der Waals surface area contributed by atoms with Crippen molar-refractivity contribution in [2.24, 2.45) is 5.92 Å². The SMILES string of the molecule is CC1CN(C(=O)CCC2CCNCC2)CC(C)N1C. The molecule has 0 saturated carbocycles. The topological polar surface area (TPSA) is 35.6 Å². The van der Waals surface area contributed by atoms with Crippen LogP contribution in [0.4, 0.5) is 0 Å². The number of amides is 1. The van der Waals surface area contributed by atoms with Crippen molar-refractivity contribution in [3.63, 3.8) is 0 Å². The lowest BCUT2D eigenvalue weighted by Crippen LogP contribution is -2.56. The van der Waals surface area contributed by atoms with Gasteiger partial charge in [0, 0.05) is 31.6 Å². The molecule has 0 aromatic rings. The van der Waals surface area contributed by atoms with Gasteiger partial charge in [0.1, 0.15) is 0 Å². The van der Waals surface area contributed by atoms with Crippen LogP contribution in [0.5, 0.6) is 0 Å². The monoisotopic (exact) mass is 267 g/mol. The molecule has 2 atom stereocenters. The van der Waals surface area contributed by atoms with E-state index in [-0.39, 0.29) is 0 Å². The van der Waals surface area contributed by atoms with Crippen LogP contribution in [-0.4, -0.2) is 61.0 Å². The zero-order valence-electron chi connectivity index (χ0n) is 12.7. The fraction of sp³-hybridized carbons (Fsp3) is 0.933. The predicted octanol–water partition coefficient (Wildman–Crippen LogP) is 1.32. The quantitative estimate of drug-likeness (QED) is 0.837. The summed E-state index contributed by atoms with van der Waals surface area (Å²) in [6, 6.07) is 0.957. The number of rotatable bonds is 3. The van der Waals surface area contributed by atoms with Gasteiger partial charge in [-0.2, -0.15) is 0 Å². The number of carbonyl (C=O) groups is 1. The van der Waals surface area contributed by atoms with E-state index in [2.05, 4.69) is 36.0 Å². The molecule has 0 bridgehead atoms. The van der Waals surface area contributed by atoms with E-state index in [9.17, 15) is 4.79 Å². The van der Waals surface area contributed by atoms with Crippen molar-refractivity contribution in [2.75, 3.05) is 33.2 Å². The summed E-state index contributed by atoms with van der Waals surface area (Å²) < 4.78 is 0. The average Bonchev–Trinajstić information content (AvgIpc) is 2.42. The van der Waals surface area contributed by atoms with Crippen LogP contribution in [0.25, 0.3) is 0 Å². The highest BCUT2D eigenvalue weighted by Crippen LogP contribution is 2.20. The van der Waals surface area contributed by atoms with Gasteiger partial charge in [0.15, 0.2) is 0 Å². The number of piperazine rings is 1. The van der Waals surface area contributed by atoms with Crippen molar-refractivity contribution in [1.29, 1.82) is 0 Å². The van der Waals surface area contributed by atoms with E-state index in [4.69, 9.17) is 0 Å². The summed E-state index contributed by atoms with van der Waals surface area (Å²) in [5.41, 5.74) is 0. The number of hydrogen-bond donors (Lipinski definition) is 1. The highest BCUT2D eigenvalue weighted by Gasteiger charge is 2.29. The second kappa shape index (κ2) is 6.71. The van der Waals surface area contributed by atoms with Crippen LogP contribution in [0.3, 0.4) is 0 Å². The van der Waals surface area contributed by atoms with E-state index in [1.807, 2.05) is 0 Å². The summed E-state index contributed by atoms with van der Waals surface area (Å²) in [5, 5.41) is 3.38. The second-order valence-electron chi connectivity index (χ2n) is 6.39. The molecule has 2 rings (SSSR count). The Morgan fingerprint density at radius 3 is 2.32 bits per heavy atom. The lowest BCUT2D eigenvalue weighted by molar-refractivity contribution is -0.135. The van der Waals surface area contributed by atoms with Gasteiger partial charge in [-0.15, -0.1) is 0 Å². The Kier molecular flexibility index (Phi) is 5.22. The van der Waals surface area contributed by atoms with Crippen molar-refractivity contribution in [1.82, 2.24) is 15.1 Å². The number of carbonyl (C=O) groups excluding carboxylic acids is 1. The first-order chi connectivity index (χ1) is 9.08. The van der Waals surface area contributed by atoms with E-state index < -0.39 is 0 Å². The van der Waals surface area contributed by atoms with E-state index in [0.29, 0.717) is 18.0 Å². The Hall–Kier alpha value is -0.610. The van der Waals surface area contributed by atoms with Crippen molar-refractivity contribution in [3.8, 4) is 0 Å². The minimum absolute atomic E-state index is 0.366. The van der Waals surface area contributed by atoms with Crippen molar-refractivity contribution < 1.29 is 4.79 Å². The van der Waals surface area contributed by atoms with Crippen molar-refractivity contribution in [2.45, 2.75) is 51.6 Å². The summed E-state index contributed by atoms with van der Waals surface area (Å²) in [6.07, 6.45) is 4.30. The summed E-state index contributed by atoms with van der Waals surface area (Å²) in [6.45, 7) is 8.46. The normalized spacial score (nSPS) is 30.6.